The molecule has 6 nitrogen and oxygen atoms in total. The van der Waals surface area contributed by atoms with Crippen molar-refractivity contribution in [3.05, 3.63) is 94.8 Å². The van der Waals surface area contributed by atoms with Crippen molar-refractivity contribution in [2.75, 3.05) is 31.1 Å². The van der Waals surface area contributed by atoms with Crippen LogP contribution in [0.2, 0.25) is 5.02 Å². The number of hydrogen-bond donors (Lipinski definition) is 0. The van der Waals surface area contributed by atoms with Crippen molar-refractivity contribution in [2.24, 2.45) is 0 Å². The number of aromatic nitrogens is 2. The lowest BCUT2D eigenvalue weighted by molar-refractivity contribution is -0.137. The zero-order valence-electron chi connectivity index (χ0n) is 19.5. The molecule has 2 heterocycles. The molecule has 5 rings (SSSR count). The second-order valence-electron chi connectivity index (χ2n) is 8.70. The predicted octanol–water partition coefficient (Wildman–Crippen LogP) is 5.40. The van der Waals surface area contributed by atoms with Crippen LogP contribution in [-0.2, 0) is 22.6 Å². The van der Waals surface area contributed by atoms with Crippen LogP contribution in [0.1, 0.15) is 17.0 Å². The molecule has 192 valence electrons. The molecule has 11 heteroatoms. The molecule has 0 saturated carbocycles. The minimum Gasteiger partial charge on any atom is -0.353 e. The van der Waals surface area contributed by atoms with E-state index in [0.29, 0.717) is 47.8 Å². The summed E-state index contributed by atoms with van der Waals surface area (Å²) in [6.07, 6.45) is -4.11. The Labute approximate surface area is 217 Å². The molecule has 0 amide bonds. The largest absolute Gasteiger partial charge is 0.416 e. The Balaban J connectivity index is 1.41. The van der Waals surface area contributed by atoms with Gasteiger partial charge in [-0.15, -0.1) is 0 Å². The van der Waals surface area contributed by atoms with Gasteiger partial charge in [0.2, 0.25) is 10.0 Å². The number of sulfonamides is 1. The number of halogens is 4. The lowest BCUT2D eigenvalue weighted by Gasteiger charge is -2.35. The Morgan fingerprint density at radius 3 is 2.30 bits per heavy atom. The standard InChI is InChI=1S/C26H22ClF3N4O2S/c27-20-9-10-22-23(17-20)31-24(15-18-5-2-1-3-6-18)32-25(22)33-11-13-34(14-12-33)37(35,36)21-8-4-7-19(16-21)26(28,29)30/h1-10,16-17H,11-15H2. The third-order valence-electron chi connectivity index (χ3n) is 6.23. The average Bonchev–Trinajstić information content (AvgIpc) is 2.88. The summed E-state index contributed by atoms with van der Waals surface area (Å²) in [5, 5.41) is 1.33. The summed E-state index contributed by atoms with van der Waals surface area (Å²) in [7, 11) is -4.09. The Morgan fingerprint density at radius 1 is 0.865 bits per heavy atom. The molecule has 0 N–H and O–H groups in total. The van der Waals surface area contributed by atoms with Crippen LogP contribution in [0.3, 0.4) is 0 Å². The molecule has 1 fully saturated rings. The van der Waals surface area contributed by atoms with Crippen molar-refractivity contribution in [1.29, 1.82) is 0 Å². The molecule has 0 bridgehead atoms. The van der Waals surface area contributed by atoms with E-state index in [1.165, 1.54) is 10.4 Å². The number of rotatable bonds is 5. The molecule has 3 aromatic carbocycles. The third kappa shape index (κ3) is 5.41. The molecule has 0 spiro atoms. The fraction of sp³-hybridized carbons (Fsp3) is 0.231. The van der Waals surface area contributed by atoms with Crippen LogP contribution in [-0.4, -0.2) is 48.9 Å². The van der Waals surface area contributed by atoms with E-state index in [1.54, 1.807) is 12.1 Å². The number of anilines is 1. The molecule has 0 aliphatic carbocycles. The third-order valence-corrected chi connectivity index (χ3v) is 8.36. The van der Waals surface area contributed by atoms with Gasteiger partial charge in [-0.3, -0.25) is 0 Å². The lowest BCUT2D eigenvalue weighted by atomic mass is 10.1. The summed E-state index contributed by atoms with van der Waals surface area (Å²) in [6, 6.07) is 19.0. The van der Waals surface area contributed by atoms with E-state index >= 15 is 0 Å². The van der Waals surface area contributed by atoms with Gasteiger partial charge < -0.3 is 4.90 Å². The molecule has 0 atom stereocenters. The first-order valence-corrected chi connectivity index (χ1v) is 13.4. The summed E-state index contributed by atoms with van der Waals surface area (Å²) < 4.78 is 66.8. The van der Waals surface area contributed by atoms with E-state index in [2.05, 4.69) is 4.98 Å². The highest BCUT2D eigenvalue weighted by atomic mass is 35.5. The van der Waals surface area contributed by atoms with E-state index in [4.69, 9.17) is 16.6 Å². The zero-order valence-corrected chi connectivity index (χ0v) is 21.1. The lowest BCUT2D eigenvalue weighted by Crippen LogP contribution is -2.49. The van der Waals surface area contributed by atoms with Crippen LogP contribution in [0.4, 0.5) is 19.0 Å². The Kier molecular flexibility index (Phi) is 6.82. The normalized spacial score (nSPS) is 15.3. The molecule has 1 aliphatic rings. The Bertz CT molecular complexity index is 1540. The topological polar surface area (TPSA) is 66.4 Å². The van der Waals surface area contributed by atoms with E-state index in [9.17, 15) is 21.6 Å². The van der Waals surface area contributed by atoms with Crippen LogP contribution in [0.15, 0.2) is 77.7 Å². The molecule has 0 radical (unpaired) electrons. The van der Waals surface area contributed by atoms with Crippen molar-refractivity contribution < 1.29 is 21.6 Å². The van der Waals surface area contributed by atoms with Crippen molar-refractivity contribution >= 4 is 38.3 Å². The van der Waals surface area contributed by atoms with Gasteiger partial charge in [0.15, 0.2) is 0 Å². The fourth-order valence-corrected chi connectivity index (χ4v) is 5.99. The smallest absolute Gasteiger partial charge is 0.353 e. The summed E-state index contributed by atoms with van der Waals surface area (Å²) in [5.74, 6) is 1.28. The fourth-order valence-electron chi connectivity index (χ4n) is 4.35. The molecule has 37 heavy (non-hydrogen) atoms. The van der Waals surface area contributed by atoms with E-state index in [1.807, 2.05) is 41.3 Å². The first-order chi connectivity index (χ1) is 17.6. The van der Waals surface area contributed by atoms with Crippen LogP contribution in [0, 0.1) is 0 Å². The zero-order chi connectivity index (χ0) is 26.2. The van der Waals surface area contributed by atoms with Gasteiger partial charge in [0.25, 0.3) is 0 Å². The molecule has 1 aromatic heterocycles. The maximum absolute atomic E-state index is 13.1. The number of piperazine rings is 1. The summed E-state index contributed by atoms with van der Waals surface area (Å²) in [5.41, 5.74) is 0.735. The predicted molar refractivity (Wildman–Crippen MR) is 136 cm³/mol. The molecular formula is C26H22ClF3N4O2S. The van der Waals surface area contributed by atoms with Gasteiger partial charge >= 0.3 is 6.18 Å². The van der Waals surface area contributed by atoms with E-state index < -0.39 is 21.8 Å². The summed E-state index contributed by atoms with van der Waals surface area (Å²) in [6.45, 7) is 0.840. The maximum Gasteiger partial charge on any atom is 0.416 e. The number of hydrogen-bond acceptors (Lipinski definition) is 5. The van der Waals surface area contributed by atoms with Gasteiger partial charge in [0, 0.05) is 43.0 Å². The number of alkyl halides is 3. The van der Waals surface area contributed by atoms with Gasteiger partial charge in [-0.1, -0.05) is 48.0 Å². The van der Waals surface area contributed by atoms with Crippen LogP contribution in [0.5, 0.6) is 0 Å². The quantitative estimate of drug-likeness (QED) is 0.335. The Morgan fingerprint density at radius 2 is 1.59 bits per heavy atom. The van der Waals surface area contributed by atoms with Gasteiger partial charge in [0.1, 0.15) is 11.6 Å². The van der Waals surface area contributed by atoms with Gasteiger partial charge in [-0.25, -0.2) is 18.4 Å². The summed E-state index contributed by atoms with van der Waals surface area (Å²) in [4.78, 5) is 11.1. The van der Waals surface area contributed by atoms with Gasteiger partial charge in [-0.2, -0.15) is 17.5 Å². The average molecular weight is 547 g/mol. The minimum absolute atomic E-state index is 0.103. The van der Waals surface area contributed by atoms with Crippen molar-refractivity contribution in [2.45, 2.75) is 17.5 Å². The number of benzene rings is 3. The van der Waals surface area contributed by atoms with Crippen molar-refractivity contribution in [3.63, 3.8) is 0 Å². The van der Waals surface area contributed by atoms with E-state index in [-0.39, 0.29) is 18.0 Å². The second-order valence-corrected chi connectivity index (χ2v) is 11.1. The highest BCUT2D eigenvalue weighted by Crippen LogP contribution is 2.32. The van der Waals surface area contributed by atoms with Crippen LogP contribution < -0.4 is 4.90 Å². The SMILES string of the molecule is O=S(=O)(c1cccc(C(F)(F)F)c1)N1CCN(c2nc(Cc3ccccc3)nc3cc(Cl)ccc23)CC1. The minimum atomic E-state index is -4.63. The second kappa shape index (κ2) is 9.92. The first kappa shape index (κ1) is 25.4. The highest BCUT2D eigenvalue weighted by Gasteiger charge is 2.34. The van der Waals surface area contributed by atoms with Crippen molar-refractivity contribution in [1.82, 2.24) is 14.3 Å². The molecule has 1 aliphatic heterocycles. The first-order valence-electron chi connectivity index (χ1n) is 11.5. The van der Waals surface area contributed by atoms with Gasteiger partial charge in [0.05, 0.1) is 16.0 Å². The Hall–Kier alpha value is -3.21. The molecular weight excluding hydrogens is 525 g/mol. The highest BCUT2D eigenvalue weighted by molar-refractivity contribution is 7.89. The molecule has 1 saturated heterocycles. The number of nitrogens with zero attached hydrogens (tertiary/aromatic N) is 4. The monoisotopic (exact) mass is 546 g/mol. The maximum atomic E-state index is 13.1. The van der Waals surface area contributed by atoms with Crippen molar-refractivity contribution in [3.8, 4) is 0 Å². The number of fused-ring (bicyclic) bond motifs is 1. The van der Waals surface area contributed by atoms with Gasteiger partial charge in [-0.05, 0) is 42.0 Å². The van der Waals surface area contributed by atoms with Crippen LogP contribution >= 0.6 is 11.6 Å². The summed E-state index contributed by atoms with van der Waals surface area (Å²) >= 11 is 6.22. The molecule has 0 unspecified atom stereocenters. The molecule has 4 aromatic rings. The van der Waals surface area contributed by atoms with E-state index in [0.717, 1.165) is 23.1 Å². The van der Waals surface area contributed by atoms with Crippen LogP contribution in [0.25, 0.3) is 10.9 Å².